The molecule has 27 heavy (non-hydrogen) atoms. The Morgan fingerprint density at radius 1 is 1.15 bits per heavy atom. The van der Waals surface area contributed by atoms with E-state index in [1.165, 1.54) is 11.1 Å². The number of nitrogens with zero attached hydrogens (tertiary/aromatic N) is 3. The maximum Gasteiger partial charge on any atom is 0.274 e. The van der Waals surface area contributed by atoms with E-state index in [2.05, 4.69) is 38.4 Å². The van der Waals surface area contributed by atoms with Crippen molar-refractivity contribution in [1.29, 1.82) is 0 Å². The van der Waals surface area contributed by atoms with Crippen LogP contribution in [0, 0.1) is 6.92 Å². The summed E-state index contributed by atoms with van der Waals surface area (Å²) in [6, 6.07) is 15.4. The minimum atomic E-state index is -0.282. The molecule has 2 heterocycles. The van der Waals surface area contributed by atoms with Crippen LogP contribution in [0.15, 0.2) is 54.7 Å². The van der Waals surface area contributed by atoms with E-state index >= 15 is 0 Å². The van der Waals surface area contributed by atoms with Crippen LogP contribution >= 0.6 is 11.6 Å². The number of carbonyl (C=O) groups excluding carboxylic acids is 1. The van der Waals surface area contributed by atoms with Gasteiger partial charge in [0.05, 0.1) is 0 Å². The maximum atomic E-state index is 12.6. The molecular weight excluding hydrogens is 360 g/mol. The van der Waals surface area contributed by atoms with E-state index in [0.29, 0.717) is 22.4 Å². The molecule has 6 heteroatoms. The van der Waals surface area contributed by atoms with Gasteiger partial charge >= 0.3 is 0 Å². The van der Waals surface area contributed by atoms with Gasteiger partial charge in [-0.05, 0) is 48.2 Å². The van der Waals surface area contributed by atoms with Gasteiger partial charge in [0, 0.05) is 30.0 Å². The average Bonchev–Trinajstić information content (AvgIpc) is 2.70. The summed E-state index contributed by atoms with van der Waals surface area (Å²) < 4.78 is 0. The molecule has 0 radical (unpaired) electrons. The monoisotopic (exact) mass is 378 g/mol. The van der Waals surface area contributed by atoms with E-state index in [4.69, 9.17) is 11.6 Å². The minimum absolute atomic E-state index is 0.282. The molecule has 2 aromatic carbocycles. The lowest BCUT2D eigenvalue weighted by Crippen LogP contribution is -2.32. The highest BCUT2D eigenvalue weighted by molar-refractivity contribution is 6.31. The molecule has 0 atom stereocenters. The zero-order valence-electron chi connectivity index (χ0n) is 14.9. The number of rotatable bonds is 3. The zero-order valence-corrected chi connectivity index (χ0v) is 15.7. The van der Waals surface area contributed by atoms with Crippen molar-refractivity contribution in [2.24, 2.45) is 0 Å². The molecule has 1 N–H and O–H groups in total. The van der Waals surface area contributed by atoms with Gasteiger partial charge in [-0.2, -0.15) is 0 Å². The Kier molecular flexibility index (Phi) is 4.77. The summed E-state index contributed by atoms with van der Waals surface area (Å²) in [5, 5.41) is 3.45. The van der Waals surface area contributed by atoms with Crippen molar-refractivity contribution in [1.82, 2.24) is 9.97 Å². The van der Waals surface area contributed by atoms with Crippen LogP contribution in [0.2, 0.25) is 5.02 Å². The number of anilines is 2. The highest BCUT2D eigenvalue weighted by atomic mass is 35.5. The van der Waals surface area contributed by atoms with Crippen LogP contribution in [0.1, 0.15) is 27.2 Å². The van der Waals surface area contributed by atoms with Crippen LogP contribution in [0.3, 0.4) is 0 Å². The van der Waals surface area contributed by atoms with Crippen molar-refractivity contribution in [2.75, 3.05) is 16.8 Å². The number of aromatic nitrogens is 2. The summed E-state index contributed by atoms with van der Waals surface area (Å²) >= 11 is 6.13. The third-order valence-corrected chi connectivity index (χ3v) is 5.13. The molecule has 0 unspecified atom stereocenters. The molecule has 0 bridgehead atoms. The van der Waals surface area contributed by atoms with Gasteiger partial charge in [0.1, 0.15) is 5.69 Å². The highest BCUT2D eigenvalue weighted by Gasteiger charge is 2.19. The fraction of sp³-hybridized carbons (Fsp3) is 0.190. The van der Waals surface area contributed by atoms with Crippen molar-refractivity contribution in [3.05, 3.63) is 82.1 Å². The van der Waals surface area contributed by atoms with Crippen LogP contribution < -0.4 is 10.2 Å². The van der Waals surface area contributed by atoms with E-state index in [0.717, 1.165) is 25.1 Å². The normalized spacial score (nSPS) is 13.2. The standard InChI is InChI=1S/C21H19ClN4O/c1-14-6-7-17(12-18(14)22)24-20(27)19-8-10-23-21(25-19)26-11-9-15-4-2-3-5-16(15)13-26/h2-8,10,12H,9,11,13H2,1H3,(H,24,27). The lowest BCUT2D eigenvalue weighted by atomic mass is 10.0. The Morgan fingerprint density at radius 2 is 1.96 bits per heavy atom. The largest absolute Gasteiger partial charge is 0.336 e. The Hall–Kier alpha value is -2.92. The predicted octanol–water partition coefficient (Wildman–Crippen LogP) is 4.25. The Morgan fingerprint density at radius 3 is 2.78 bits per heavy atom. The van der Waals surface area contributed by atoms with E-state index < -0.39 is 0 Å². The van der Waals surface area contributed by atoms with Gasteiger partial charge < -0.3 is 10.2 Å². The van der Waals surface area contributed by atoms with E-state index in [-0.39, 0.29) is 5.91 Å². The smallest absolute Gasteiger partial charge is 0.274 e. The van der Waals surface area contributed by atoms with Crippen molar-refractivity contribution < 1.29 is 4.79 Å². The first-order valence-corrected chi connectivity index (χ1v) is 9.20. The number of aryl methyl sites for hydroxylation is 1. The van der Waals surface area contributed by atoms with Crippen LogP contribution in [-0.4, -0.2) is 22.4 Å². The van der Waals surface area contributed by atoms with Gasteiger partial charge in [-0.15, -0.1) is 0 Å². The first-order chi connectivity index (χ1) is 13.1. The second-order valence-corrected chi connectivity index (χ2v) is 7.01. The summed E-state index contributed by atoms with van der Waals surface area (Å²) in [5.74, 6) is 0.287. The Bertz CT molecular complexity index is 1000. The molecule has 0 spiro atoms. The molecule has 1 aliphatic heterocycles. The Balaban J connectivity index is 1.52. The fourth-order valence-corrected chi connectivity index (χ4v) is 3.34. The highest BCUT2D eigenvalue weighted by Crippen LogP contribution is 2.23. The summed E-state index contributed by atoms with van der Waals surface area (Å²) in [5.41, 5.74) is 4.57. The zero-order chi connectivity index (χ0) is 18.8. The van der Waals surface area contributed by atoms with Crippen LogP contribution in [0.4, 0.5) is 11.6 Å². The second kappa shape index (κ2) is 7.37. The number of amides is 1. The number of fused-ring (bicyclic) bond motifs is 1. The fourth-order valence-electron chi connectivity index (χ4n) is 3.16. The molecule has 5 nitrogen and oxygen atoms in total. The van der Waals surface area contributed by atoms with Gasteiger partial charge in [-0.25, -0.2) is 9.97 Å². The molecular formula is C21H19ClN4O. The van der Waals surface area contributed by atoms with Crippen LogP contribution in [0.25, 0.3) is 0 Å². The molecule has 0 saturated carbocycles. The van der Waals surface area contributed by atoms with Crippen LogP contribution in [-0.2, 0) is 13.0 Å². The topological polar surface area (TPSA) is 58.1 Å². The molecule has 0 fully saturated rings. The molecule has 1 aliphatic rings. The van der Waals surface area contributed by atoms with Crippen molar-refractivity contribution in [3.63, 3.8) is 0 Å². The number of carbonyl (C=O) groups is 1. The minimum Gasteiger partial charge on any atom is -0.336 e. The maximum absolute atomic E-state index is 12.6. The van der Waals surface area contributed by atoms with Crippen molar-refractivity contribution in [2.45, 2.75) is 19.9 Å². The second-order valence-electron chi connectivity index (χ2n) is 6.60. The van der Waals surface area contributed by atoms with E-state index in [1.54, 1.807) is 18.3 Å². The van der Waals surface area contributed by atoms with Gasteiger partial charge in [-0.1, -0.05) is 41.9 Å². The number of hydrogen-bond acceptors (Lipinski definition) is 4. The predicted molar refractivity (Wildman–Crippen MR) is 107 cm³/mol. The molecule has 1 aromatic heterocycles. The van der Waals surface area contributed by atoms with Gasteiger partial charge in [0.25, 0.3) is 5.91 Å². The van der Waals surface area contributed by atoms with Crippen molar-refractivity contribution >= 4 is 29.1 Å². The number of benzene rings is 2. The third kappa shape index (κ3) is 3.78. The number of halogens is 1. The third-order valence-electron chi connectivity index (χ3n) is 4.72. The molecule has 3 aromatic rings. The molecule has 0 aliphatic carbocycles. The van der Waals surface area contributed by atoms with Crippen LogP contribution in [0.5, 0.6) is 0 Å². The first kappa shape index (κ1) is 17.5. The number of hydrogen-bond donors (Lipinski definition) is 1. The van der Waals surface area contributed by atoms with E-state index in [1.807, 2.05) is 25.1 Å². The quantitative estimate of drug-likeness (QED) is 0.740. The molecule has 4 rings (SSSR count). The lowest BCUT2D eigenvalue weighted by Gasteiger charge is -2.28. The summed E-state index contributed by atoms with van der Waals surface area (Å²) in [4.78, 5) is 23.5. The SMILES string of the molecule is Cc1ccc(NC(=O)c2ccnc(N3CCc4ccccc4C3)n2)cc1Cl. The molecule has 136 valence electrons. The summed E-state index contributed by atoms with van der Waals surface area (Å²) in [7, 11) is 0. The van der Waals surface area contributed by atoms with E-state index in [9.17, 15) is 4.79 Å². The van der Waals surface area contributed by atoms with Gasteiger partial charge in [0.2, 0.25) is 5.95 Å². The molecule has 0 saturated heterocycles. The lowest BCUT2D eigenvalue weighted by molar-refractivity contribution is 0.102. The van der Waals surface area contributed by atoms with Gasteiger partial charge in [0.15, 0.2) is 0 Å². The number of nitrogens with one attached hydrogen (secondary N) is 1. The molecule has 1 amide bonds. The van der Waals surface area contributed by atoms with Gasteiger partial charge in [-0.3, -0.25) is 4.79 Å². The summed E-state index contributed by atoms with van der Waals surface area (Å²) in [6.07, 6.45) is 2.57. The first-order valence-electron chi connectivity index (χ1n) is 8.82. The Labute approximate surface area is 163 Å². The van der Waals surface area contributed by atoms with Crippen molar-refractivity contribution in [3.8, 4) is 0 Å². The summed E-state index contributed by atoms with van der Waals surface area (Å²) in [6.45, 7) is 3.49. The average molecular weight is 379 g/mol.